The van der Waals surface area contributed by atoms with Crippen molar-refractivity contribution in [3.8, 4) is 11.3 Å². The highest BCUT2D eigenvalue weighted by Gasteiger charge is 2.26. The standard InChI is InChI=1S/C15H17N3O3/c16-21-9-10-5-1-2-6-11(10)13-14(15(19)20)18-8-4-3-7-12(18)17-13/h1-2,5-6H,3-4,7-9,16H2,(H,19,20). The zero-order chi connectivity index (χ0) is 14.8. The fraction of sp³-hybridized carbons (Fsp3) is 0.333. The van der Waals surface area contributed by atoms with Crippen molar-refractivity contribution in [3.05, 3.63) is 41.3 Å². The Morgan fingerprint density at radius 3 is 2.95 bits per heavy atom. The van der Waals surface area contributed by atoms with E-state index in [1.807, 2.05) is 28.8 Å². The molecule has 0 fully saturated rings. The Bertz CT molecular complexity index is 679. The average molecular weight is 287 g/mol. The predicted molar refractivity (Wildman–Crippen MR) is 76.5 cm³/mol. The van der Waals surface area contributed by atoms with Gasteiger partial charge in [-0.2, -0.15) is 0 Å². The first kappa shape index (κ1) is 13.8. The summed E-state index contributed by atoms with van der Waals surface area (Å²) in [4.78, 5) is 21.0. The summed E-state index contributed by atoms with van der Waals surface area (Å²) >= 11 is 0. The van der Waals surface area contributed by atoms with Crippen molar-refractivity contribution in [1.29, 1.82) is 0 Å². The van der Waals surface area contributed by atoms with Gasteiger partial charge in [0.1, 0.15) is 11.5 Å². The minimum absolute atomic E-state index is 0.220. The first-order chi connectivity index (χ1) is 10.2. The van der Waals surface area contributed by atoms with E-state index in [1.54, 1.807) is 0 Å². The van der Waals surface area contributed by atoms with E-state index in [4.69, 9.17) is 10.7 Å². The van der Waals surface area contributed by atoms with Crippen molar-refractivity contribution in [1.82, 2.24) is 9.55 Å². The first-order valence-electron chi connectivity index (χ1n) is 6.95. The van der Waals surface area contributed by atoms with Crippen molar-refractivity contribution in [2.75, 3.05) is 0 Å². The van der Waals surface area contributed by atoms with Crippen LogP contribution in [-0.2, 0) is 24.4 Å². The summed E-state index contributed by atoms with van der Waals surface area (Å²) in [6.07, 6.45) is 2.84. The molecule has 0 radical (unpaired) electrons. The number of nitrogens with two attached hydrogens (primary N) is 1. The zero-order valence-corrected chi connectivity index (χ0v) is 11.6. The molecule has 0 bridgehead atoms. The van der Waals surface area contributed by atoms with Gasteiger partial charge in [0.15, 0.2) is 5.69 Å². The lowest BCUT2D eigenvalue weighted by Crippen LogP contribution is -2.16. The Hall–Kier alpha value is -2.18. The van der Waals surface area contributed by atoms with Crippen LogP contribution in [0.25, 0.3) is 11.3 Å². The summed E-state index contributed by atoms with van der Waals surface area (Å²) in [5.41, 5.74) is 2.36. The number of aromatic nitrogens is 2. The molecule has 1 aromatic heterocycles. The highest BCUT2D eigenvalue weighted by atomic mass is 16.6. The number of hydrogen-bond donors (Lipinski definition) is 2. The normalized spacial score (nSPS) is 14.0. The molecule has 0 atom stereocenters. The van der Waals surface area contributed by atoms with Crippen LogP contribution < -0.4 is 5.90 Å². The van der Waals surface area contributed by atoms with E-state index < -0.39 is 5.97 Å². The fourth-order valence-corrected chi connectivity index (χ4v) is 2.86. The number of fused-ring (bicyclic) bond motifs is 1. The molecule has 2 aromatic rings. The van der Waals surface area contributed by atoms with Crippen LogP contribution in [0, 0.1) is 0 Å². The van der Waals surface area contributed by atoms with Gasteiger partial charge in [-0.1, -0.05) is 24.3 Å². The van der Waals surface area contributed by atoms with Gasteiger partial charge < -0.3 is 9.67 Å². The molecule has 1 aromatic carbocycles. The highest BCUT2D eigenvalue weighted by molar-refractivity contribution is 5.94. The SMILES string of the molecule is NOCc1ccccc1-c1nc2n(c1C(=O)O)CCCC2. The van der Waals surface area contributed by atoms with Crippen LogP contribution in [0.2, 0.25) is 0 Å². The van der Waals surface area contributed by atoms with Gasteiger partial charge in [0.2, 0.25) is 0 Å². The molecule has 0 saturated carbocycles. The molecule has 3 N–H and O–H groups in total. The largest absolute Gasteiger partial charge is 0.477 e. The number of nitrogens with zero attached hydrogens (tertiary/aromatic N) is 2. The number of benzene rings is 1. The third-order valence-corrected chi connectivity index (χ3v) is 3.79. The average Bonchev–Trinajstić information content (AvgIpc) is 2.87. The quantitative estimate of drug-likeness (QED) is 0.839. The van der Waals surface area contributed by atoms with Gasteiger partial charge >= 0.3 is 5.97 Å². The molecule has 110 valence electrons. The molecule has 0 aliphatic carbocycles. The summed E-state index contributed by atoms with van der Waals surface area (Å²) in [6.45, 7) is 0.928. The van der Waals surface area contributed by atoms with E-state index in [0.29, 0.717) is 12.2 Å². The Labute approximate surface area is 122 Å². The number of carboxylic acids is 1. The maximum absolute atomic E-state index is 11.7. The van der Waals surface area contributed by atoms with Gasteiger partial charge in [0.25, 0.3) is 0 Å². The van der Waals surface area contributed by atoms with Crippen molar-refractivity contribution in [2.24, 2.45) is 5.90 Å². The third-order valence-electron chi connectivity index (χ3n) is 3.79. The number of hydrogen-bond acceptors (Lipinski definition) is 4. The van der Waals surface area contributed by atoms with Crippen LogP contribution in [0.5, 0.6) is 0 Å². The predicted octanol–water partition coefficient (Wildman–Crippen LogP) is 1.97. The second kappa shape index (κ2) is 5.67. The van der Waals surface area contributed by atoms with Crippen LogP contribution in [0.3, 0.4) is 0 Å². The summed E-state index contributed by atoms with van der Waals surface area (Å²) in [5.74, 6) is 5.06. The van der Waals surface area contributed by atoms with Crippen LogP contribution in [0.4, 0.5) is 0 Å². The fourth-order valence-electron chi connectivity index (χ4n) is 2.86. The Morgan fingerprint density at radius 1 is 1.38 bits per heavy atom. The molecule has 21 heavy (non-hydrogen) atoms. The van der Waals surface area contributed by atoms with Crippen LogP contribution in [0.1, 0.15) is 34.7 Å². The van der Waals surface area contributed by atoms with E-state index in [9.17, 15) is 9.90 Å². The van der Waals surface area contributed by atoms with Gasteiger partial charge in [-0.3, -0.25) is 4.84 Å². The monoisotopic (exact) mass is 287 g/mol. The van der Waals surface area contributed by atoms with Gasteiger partial charge in [0, 0.05) is 18.5 Å². The highest BCUT2D eigenvalue weighted by Crippen LogP contribution is 2.30. The zero-order valence-electron chi connectivity index (χ0n) is 11.6. The molecule has 0 saturated heterocycles. The number of aromatic carboxylic acids is 1. The lowest BCUT2D eigenvalue weighted by Gasteiger charge is -2.14. The molecule has 6 heteroatoms. The van der Waals surface area contributed by atoms with Crippen molar-refractivity contribution >= 4 is 5.97 Å². The number of imidazole rings is 1. The number of rotatable bonds is 4. The second-order valence-electron chi connectivity index (χ2n) is 5.11. The summed E-state index contributed by atoms with van der Waals surface area (Å²) < 4.78 is 1.82. The summed E-state index contributed by atoms with van der Waals surface area (Å²) in [5, 5.41) is 9.58. The molecule has 0 unspecified atom stereocenters. The first-order valence-corrected chi connectivity index (χ1v) is 6.95. The molecule has 3 rings (SSSR count). The topological polar surface area (TPSA) is 90.4 Å². The van der Waals surface area contributed by atoms with Crippen LogP contribution >= 0.6 is 0 Å². The number of carboxylic acid groups (broad SMARTS) is 1. The lowest BCUT2D eigenvalue weighted by molar-refractivity contribution is 0.0684. The van der Waals surface area contributed by atoms with Gasteiger partial charge in [-0.25, -0.2) is 15.7 Å². The van der Waals surface area contributed by atoms with E-state index >= 15 is 0 Å². The maximum Gasteiger partial charge on any atom is 0.354 e. The van der Waals surface area contributed by atoms with Crippen LogP contribution in [0.15, 0.2) is 24.3 Å². The molecule has 6 nitrogen and oxygen atoms in total. The van der Waals surface area contributed by atoms with Gasteiger partial charge in [-0.15, -0.1) is 0 Å². The molecule has 1 aliphatic rings. The van der Waals surface area contributed by atoms with E-state index in [1.165, 1.54) is 0 Å². The lowest BCUT2D eigenvalue weighted by atomic mass is 10.0. The summed E-state index contributed by atoms with van der Waals surface area (Å²) in [7, 11) is 0. The molecule has 0 spiro atoms. The minimum atomic E-state index is -0.950. The molecular weight excluding hydrogens is 270 g/mol. The minimum Gasteiger partial charge on any atom is -0.477 e. The van der Waals surface area contributed by atoms with Gasteiger partial charge in [-0.05, 0) is 18.4 Å². The molecular formula is C15H17N3O3. The van der Waals surface area contributed by atoms with E-state index in [2.05, 4.69) is 4.98 Å². The van der Waals surface area contributed by atoms with E-state index in [0.717, 1.165) is 36.2 Å². The molecule has 1 aliphatic heterocycles. The Balaban J connectivity index is 2.18. The second-order valence-corrected chi connectivity index (χ2v) is 5.11. The van der Waals surface area contributed by atoms with Gasteiger partial charge in [0.05, 0.1) is 6.61 Å². The van der Waals surface area contributed by atoms with Crippen molar-refractivity contribution in [3.63, 3.8) is 0 Å². The Morgan fingerprint density at radius 2 is 2.19 bits per heavy atom. The number of carbonyl (C=O) groups is 1. The summed E-state index contributed by atoms with van der Waals surface area (Å²) in [6, 6.07) is 7.45. The van der Waals surface area contributed by atoms with Crippen molar-refractivity contribution < 1.29 is 14.7 Å². The van der Waals surface area contributed by atoms with Crippen LogP contribution in [-0.4, -0.2) is 20.6 Å². The smallest absolute Gasteiger partial charge is 0.354 e. The Kier molecular flexibility index (Phi) is 3.72. The molecule has 0 amide bonds. The van der Waals surface area contributed by atoms with E-state index in [-0.39, 0.29) is 12.3 Å². The number of aryl methyl sites for hydroxylation is 1. The third kappa shape index (κ3) is 2.43. The molecule has 2 heterocycles. The maximum atomic E-state index is 11.7. The van der Waals surface area contributed by atoms with Crippen molar-refractivity contribution in [2.45, 2.75) is 32.4 Å².